The van der Waals surface area contributed by atoms with Crippen molar-refractivity contribution in [3.05, 3.63) is 53.3 Å². The maximum absolute atomic E-state index is 14.8. The van der Waals surface area contributed by atoms with Crippen molar-refractivity contribution in [2.75, 3.05) is 13.2 Å². The van der Waals surface area contributed by atoms with Crippen molar-refractivity contribution >= 4 is 0 Å². The second-order valence-electron chi connectivity index (χ2n) is 7.73. The molecule has 2 nitrogen and oxygen atoms in total. The molecule has 0 saturated carbocycles. The van der Waals surface area contributed by atoms with Gasteiger partial charge in [0.1, 0.15) is 5.82 Å². The van der Waals surface area contributed by atoms with E-state index < -0.39 is 17.5 Å². The molecule has 1 heterocycles. The van der Waals surface area contributed by atoms with E-state index >= 15 is 0 Å². The van der Waals surface area contributed by atoms with E-state index in [1.54, 1.807) is 6.07 Å². The number of rotatable bonds is 8. The Morgan fingerprint density at radius 1 is 0.966 bits per heavy atom. The first kappa shape index (κ1) is 21.7. The zero-order valence-electron chi connectivity index (χ0n) is 17.1. The minimum absolute atomic E-state index is 0.0323. The first-order chi connectivity index (χ1) is 14.0. The Balaban J connectivity index is 1.76. The number of unbranched alkanes of at least 4 members (excludes halogenated alkanes) is 1. The second kappa shape index (κ2) is 10.1. The minimum Gasteiger partial charge on any atom is -0.490 e. The summed E-state index contributed by atoms with van der Waals surface area (Å²) in [6.07, 6.45) is 5.67. The van der Waals surface area contributed by atoms with Crippen LogP contribution in [0.4, 0.5) is 13.2 Å². The van der Waals surface area contributed by atoms with E-state index in [-0.39, 0.29) is 23.0 Å². The Labute approximate surface area is 171 Å². The Morgan fingerprint density at radius 3 is 2.41 bits per heavy atom. The van der Waals surface area contributed by atoms with Crippen molar-refractivity contribution in [2.24, 2.45) is 5.92 Å². The lowest BCUT2D eigenvalue weighted by atomic mass is 9.91. The first-order valence-corrected chi connectivity index (χ1v) is 10.6. The fourth-order valence-corrected chi connectivity index (χ4v) is 3.83. The number of benzene rings is 2. The molecule has 1 saturated heterocycles. The SMILES string of the molecule is CCCCOc1ccc(-c2ccc(C3CCC(CCC)CO3)cc2F)c(F)c1F. The number of hydrogen-bond donors (Lipinski definition) is 0. The van der Waals surface area contributed by atoms with E-state index in [0.717, 1.165) is 44.1 Å². The highest BCUT2D eigenvalue weighted by Crippen LogP contribution is 2.36. The van der Waals surface area contributed by atoms with Crippen LogP contribution >= 0.6 is 0 Å². The summed E-state index contributed by atoms with van der Waals surface area (Å²) >= 11 is 0. The molecule has 5 heteroatoms. The van der Waals surface area contributed by atoms with E-state index in [0.29, 0.717) is 19.1 Å². The van der Waals surface area contributed by atoms with Crippen LogP contribution in [0.3, 0.4) is 0 Å². The first-order valence-electron chi connectivity index (χ1n) is 10.6. The number of hydrogen-bond acceptors (Lipinski definition) is 2. The van der Waals surface area contributed by atoms with Crippen LogP contribution in [0.1, 0.15) is 64.0 Å². The van der Waals surface area contributed by atoms with Gasteiger partial charge in [0.25, 0.3) is 0 Å². The monoisotopic (exact) mass is 406 g/mol. The molecular weight excluding hydrogens is 377 g/mol. The molecule has 1 fully saturated rings. The van der Waals surface area contributed by atoms with Crippen LogP contribution in [-0.2, 0) is 4.74 Å². The molecule has 158 valence electrons. The van der Waals surface area contributed by atoms with Crippen LogP contribution in [0.25, 0.3) is 11.1 Å². The third-order valence-corrected chi connectivity index (χ3v) is 5.52. The Bertz CT molecular complexity index is 814. The van der Waals surface area contributed by atoms with Gasteiger partial charge in [0, 0.05) is 11.1 Å². The van der Waals surface area contributed by atoms with E-state index in [4.69, 9.17) is 9.47 Å². The van der Waals surface area contributed by atoms with Crippen molar-refractivity contribution in [3.8, 4) is 16.9 Å². The summed E-state index contributed by atoms with van der Waals surface area (Å²) < 4.78 is 54.9. The van der Waals surface area contributed by atoms with Gasteiger partial charge in [0.2, 0.25) is 5.82 Å². The van der Waals surface area contributed by atoms with Gasteiger partial charge in [-0.1, -0.05) is 38.8 Å². The summed E-state index contributed by atoms with van der Waals surface area (Å²) in [5, 5.41) is 0. The van der Waals surface area contributed by atoms with E-state index in [1.807, 2.05) is 6.92 Å². The lowest BCUT2D eigenvalue weighted by Gasteiger charge is -2.29. The highest BCUT2D eigenvalue weighted by Gasteiger charge is 2.24. The van der Waals surface area contributed by atoms with Gasteiger partial charge < -0.3 is 9.47 Å². The van der Waals surface area contributed by atoms with Crippen LogP contribution in [0.15, 0.2) is 30.3 Å². The molecule has 0 aromatic heterocycles. The fraction of sp³-hybridized carbons (Fsp3) is 0.500. The fourth-order valence-electron chi connectivity index (χ4n) is 3.83. The predicted octanol–water partition coefficient (Wildman–Crippen LogP) is 7.22. The summed E-state index contributed by atoms with van der Waals surface area (Å²) in [6.45, 7) is 5.14. The average molecular weight is 406 g/mol. The van der Waals surface area contributed by atoms with Gasteiger partial charge in [-0.15, -0.1) is 0 Å². The van der Waals surface area contributed by atoms with Crippen molar-refractivity contribution in [1.29, 1.82) is 0 Å². The number of ether oxygens (including phenoxy) is 2. The van der Waals surface area contributed by atoms with Crippen LogP contribution < -0.4 is 4.74 Å². The molecule has 0 amide bonds. The Morgan fingerprint density at radius 2 is 1.76 bits per heavy atom. The molecule has 1 aliphatic heterocycles. The molecule has 1 aliphatic rings. The lowest BCUT2D eigenvalue weighted by Crippen LogP contribution is -2.20. The summed E-state index contributed by atoms with van der Waals surface area (Å²) in [5.41, 5.74) is 0.661. The van der Waals surface area contributed by atoms with Crippen LogP contribution in [0.2, 0.25) is 0 Å². The van der Waals surface area contributed by atoms with E-state index in [2.05, 4.69) is 6.92 Å². The predicted molar refractivity (Wildman–Crippen MR) is 108 cm³/mol. The molecule has 2 aromatic rings. The second-order valence-corrected chi connectivity index (χ2v) is 7.73. The summed E-state index contributed by atoms with van der Waals surface area (Å²) in [7, 11) is 0. The highest BCUT2D eigenvalue weighted by molar-refractivity contribution is 5.66. The number of halogens is 3. The van der Waals surface area contributed by atoms with Gasteiger partial charge in [0.15, 0.2) is 11.6 Å². The highest BCUT2D eigenvalue weighted by atomic mass is 19.2. The van der Waals surface area contributed by atoms with Crippen molar-refractivity contribution < 1.29 is 22.6 Å². The summed E-state index contributed by atoms with van der Waals surface area (Å²) in [5.74, 6) is -2.34. The van der Waals surface area contributed by atoms with Gasteiger partial charge in [-0.05, 0) is 55.4 Å². The molecule has 3 rings (SSSR count). The quantitative estimate of drug-likeness (QED) is 0.431. The van der Waals surface area contributed by atoms with E-state index in [1.165, 1.54) is 24.3 Å². The van der Waals surface area contributed by atoms with Crippen LogP contribution in [0.5, 0.6) is 5.75 Å². The maximum atomic E-state index is 14.8. The summed E-state index contributed by atoms with van der Waals surface area (Å²) in [6, 6.07) is 7.34. The molecule has 0 spiro atoms. The van der Waals surface area contributed by atoms with Crippen molar-refractivity contribution in [3.63, 3.8) is 0 Å². The van der Waals surface area contributed by atoms with Gasteiger partial charge in [-0.2, -0.15) is 4.39 Å². The van der Waals surface area contributed by atoms with Crippen LogP contribution in [-0.4, -0.2) is 13.2 Å². The molecular formula is C24H29F3O2. The molecule has 0 N–H and O–H groups in total. The third kappa shape index (κ3) is 5.13. The van der Waals surface area contributed by atoms with Gasteiger partial charge in [0.05, 0.1) is 19.3 Å². The minimum atomic E-state index is -1.10. The lowest BCUT2D eigenvalue weighted by molar-refractivity contribution is -0.0195. The zero-order valence-corrected chi connectivity index (χ0v) is 17.1. The molecule has 0 bridgehead atoms. The van der Waals surface area contributed by atoms with Gasteiger partial charge in [-0.3, -0.25) is 0 Å². The Kier molecular flexibility index (Phi) is 7.59. The standard InChI is InChI=1S/C24H29F3O2/c1-3-5-13-28-22-12-10-19(23(26)24(22)27)18-9-8-17(14-20(18)25)21-11-7-16(6-4-2)15-29-21/h8-10,12,14,16,21H,3-7,11,13,15H2,1-2H3. The average Bonchev–Trinajstić information content (AvgIpc) is 2.73. The largest absolute Gasteiger partial charge is 0.490 e. The molecule has 2 aromatic carbocycles. The van der Waals surface area contributed by atoms with E-state index in [9.17, 15) is 13.2 Å². The maximum Gasteiger partial charge on any atom is 0.201 e. The molecule has 2 unspecified atom stereocenters. The third-order valence-electron chi connectivity index (χ3n) is 5.52. The molecule has 29 heavy (non-hydrogen) atoms. The van der Waals surface area contributed by atoms with Crippen molar-refractivity contribution in [2.45, 2.75) is 58.5 Å². The van der Waals surface area contributed by atoms with Crippen LogP contribution in [0, 0.1) is 23.4 Å². The molecule has 2 atom stereocenters. The zero-order chi connectivity index (χ0) is 20.8. The molecule has 0 aliphatic carbocycles. The smallest absolute Gasteiger partial charge is 0.201 e. The van der Waals surface area contributed by atoms with Gasteiger partial charge in [-0.25, -0.2) is 8.78 Å². The summed E-state index contributed by atoms with van der Waals surface area (Å²) in [4.78, 5) is 0. The Hall–Kier alpha value is -2.01. The molecule has 0 radical (unpaired) electrons. The van der Waals surface area contributed by atoms with Gasteiger partial charge >= 0.3 is 0 Å². The topological polar surface area (TPSA) is 18.5 Å². The normalized spacial score (nSPS) is 19.3. The van der Waals surface area contributed by atoms with Crippen molar-refractivity contribution in [1.82, 2.24) is 0 Å².